The van der Waals surface area contributed by atoms with Crippen molar-refractivity contribution in [2.24, 2.45) is 14.1 Å². The number of hydrogen-bond acceptors (Lipinski definition) is 6. The number of hydrogen-bond donors (Lipinski definition) is 0. The largest absolute Gasteiger partial charge is 0.439 e. The second-order valence-corrected chi connectivity index (χ2v) is 5.51. The fourth-order valence-corrected chi connectivity index (χ4v) is 2.52. The second kappa shape index (κ2) is 5.79. The molecule has 0 saturated heterocycles. The summed E-state index contributed by atoms with van der Waals surface area (Å²) in [6, 6.07) is 7.88. The Morgan fingerprint density at radius 3 is 2.52 bits per heavy atom. The molecule has 0 spiro atoms. The Morgan fingerprint density at radius 2 is 1.84 bits per heavy atom. The van der Waals surface area contributed by atoms with Crippen molar-refractivity contribution < 1.29 is 9.15 Å². The number of nitriles is 1. The lowest BCUT2D eigenvalue weighted by Gasteiger charge is -2.13. The minimum absolute atomic E-state index is 0.176. The van der Waals surface area contributed by atoms with Crippen LogP contribution in [0.2, 0.25) is 0 Å². The first-order valence-electron chi connectivity index (χ1n) is 7.26. The van der Waals surface area contributed by atoms with E-state index in [0.717, 1.165) is 20.1 Å². The SMILES string of the molecule is Cc1cc(=O)oc2cc(Oc3c(C#N)c(=O)n(C)c(=O)n3C)ccc12. The summed E-state index contributed by atoms with van der Waals surface area (Å²) < 4.78 is 12.6. The van der Waals surface area contributed by atoms with Crippen molar-refractivity contribution in [3.63, 3.8) is 0 Å². The Hall–Kier alpha value is -3.60. The van der Waals surface area contributed by atoms with Crippen LogP contribution in [0.1, 0.15) is 11.1 Å². The van der Waals surface area contributed by atoms with Crippen molar-refractivity contribution in [3.8, 4) is 17.7 Å². The summed E-state index contributed by atoms with van der Waals surface area (Å²) in [5.41, 5.74) is -1.12. The molecule has 8 nitrogen and oxygen atoms in total. The highest BCUT2D eigenvalue weighted by Crippen LogP contribution is 2.26. The van der Waals surface area contributed by atoms with Crippen LogP contribution in [0, 0.1) is 18.3 Å². The average molecular weight is 339 g/mol. The molecular weight excluding hydrogens is 326 g/mol. The van der Waals surface area contributed by atoms with E-state index in [9.17, 15) is 19.6 Å². The molecule has 0 unspecified atom stereocenters. The molecule has 0 bridgehead atoms. The molecule has 0 aliphatic heterocycles. The number of fused-ring (bicyclic) bond motifs is 1. The van der Waals surface area contributed by atoms with Crippen LogP contribution < -0.4 is 21.6 Å². The minimum atomic E-state index is -0.747. The van der Waals surface area contributed by atoms with Crippen LogP contribution in [0.4, 0.5) is 0 Å². The Bertz CT molecular complexity index is 1220. The van der Waals surface area contributed by atoms with Crippen molar-refractivity contribution >= 4 is 11.0 Å². The Kier molecular flexibility index (Phi) is 3.77. The molecule has 3 rings (SSSR count). The first-order valence-corrected chi connectivity index (χ1v) is 7.26. The fourth-order valence-electron chi connectivity index (χ4n) is 2.52. The quantitative estimate of drug-likeness (QED) is 0.649. The summed E-state index contributed by atoms with van der Waals surface area (Å²) in [4.78, 5) is 35.6. The summed E-state index contributed by atoms with van der Waals surface area (Å²) in [5.74, 6) is 0.0472. The number of aromatic nitrogens is 2. The van der Waals surface area contributed by atoms with Crippen LogP contribution in [0.15, 0.2) is 43.1 Å². The van der Waals surface area contributed by atoms with Gasteiger partial charge in [0.1, 0.15) is 17.4 Å². The molecule has 0 aliphatic carbocycles. The summed E-state index contributed by atoms with van der Waals surface area (Å²) >= 11 is 0. The smallest absolute Gasteiger partial charge is 0.336 e. The molecule has 0 atom stereocenters. The van der Waals surface area contributed by atoms with Crippen LogP contribution in [0.5, 0.6) is 11.6 Å². The van der Waals surface area contributed by atoms with Gasteiger partial charge in [-0.1, -0.05) is 0 Å². The van der Waals surface area contributed by atoms with E-state index < -0.39 is 16.9 Å². The molecule has 25 heavy (non-hydrogen) atoms. The van der Waals surface area contributed by atoms with E-state index in [2.05, 4.69) is 0 Å². The predicted octanol–water partition coefficient (Wildman–Crippen LogP) is 1.16. The molecule has 0 amide bonds. The number of rotatable bonds is 2. The third-order valence-electron chi connectivity index (χ3n) is 3.86. The molecule has 1 aromatic carbocycles. The lowest BCUT2D eigenvalue weighted by atomic mass is 10.1. The van der Waals surface area contributed by atoms with Gasteiger partial charge < -0.3 is 9.15 Å². The highest BCUT2D eigenvalue weighted by molar-refractivity contribution is 5.81. The van der Waals surface area contributed by atoms with Crippen LogP contribution in [-0.2, 0) is 14.1 Å². The molecule has 126 valence electrons. The molecule has 0 aliphatic rings. The number of ether oxygens (including phenoxy) is 1. The third kappa shape index (κ3) is 2.61. The maximum Gasteiger partial charge on any atom is 0.336 e. The predicted molar refractivity (Wildman–Crippen MR) is 88.9 cm³/mol. The highest BCUT2D eigenvalue weighted by Gasteiger charge is 2.18. The van der Waals surface area contributed by atoms with Gasteiger partial charge in [0.2, 0.25) is 5.88 Å². The normalized spacial score (nSPS) is 10.6. The lowest BCUT2D eigenvalue weighted by Crippen LogP contribution is -2.38. The van der Waals surface area contributed by atoms with E-state index in [1.165, 1.54) is 26.2 Å². The second-order valence-electron chi connectivity index (χ2n) is 5.51. The van der Waals surface area contributed by atoms with Gasteiger partial charge in [-0.05, 0) is 24.6 Å². The number of aryl methyl sites for hydroxylation is 1. The van der Waals surface area contributed by atoms with Crippen molar-refractivity contribution in [2.45, 2.75) is 6.92 Å². The molecule has 0 radical (unpaired) electrons. The first-order chi connectivity index (χ1) is 11.8. The average Bonchev–Trinajstić information content (AvgIpc) is 2.57. The maximum atomic E-state index is 12.1. The number of nitrogens with zero attached hydrogens (tertiary/aromatic N) is 3. The van der Waals surface area contributed by atoms with Gasteiger partial charge >= 0.3 is 11.3 Å². The van der Waals surface area contributed by atoms with E-state index in [4.69, 9.17) is 9.15 Å². The van der Waals surface area contributed by atoms with Crippen molar-refractivity contribution in [1.82, 2.24) is 9.13 Å². The highest BCUT2D eigenvalue weighted by atomic mass is 16.5. The standard InChI is InChI=1S/C17H13N3O5/c1-9-6-14(21)25-13-7-10(4-5-11(9)13)24-16-12(8-18)15(22)19(2)17(23)20(16)3/h4-7H,1-3H3. The van der Waals surface area contributed by atoms with Crippen LogP contribution in [0.3, 0.4) is 0 Å². The zero-order valence-electron chi connectivity index (χ0n) is 13.7. The molecular formula is C17H13N3O5. The van der Waals surface area contributed by atoms with E-state index >= 15 is 0 Å². The van der Waals surface area contributed by atoms with Gasteiger partial charge in [0.15, 0.2) is 5.56 Å². The van der Waals surface area contributed by atoms with E-state index in [1.807, 2.05) is 0 Å². The fraction of sp³-hybridized carbons (Fsp3) is 0.176. The minimum Gasteiger partial charge on any atom is -0.439 e. The van der Waals surface area contributed by atoms with E-state index in [0.29, 0.717) is 5.58 Å². The molecule has 8 heteroatoms. The van der Waals surface area contributed by atoms with Gasteiger partial charge in [-0.15, -0.1) is 0 Å². The van der Waals surface area contributed by atoms with Crippen LogP contribution >= 0.6 is 0 Å². The molecule has 0 N–H and O–H groups in total. The molecule has 0 fully saturated rings. The molecule has 2 aromatic heterocycles. The third-order valence-corrected chi connectivity index (χ3v) is 3.86. The van der Waals surface area contributed by atoms with Crippen molar-refractivity contribution in [1.29, 1.82) is 5.26 Å². The van der Waals surface area contributed by atoms with Gasteiger partial charge in [0.05, 0.1) is 0 Å². The summed E-state index contributed by atoms with van der Waals surface area (Å²) in [6.07, 6.45) is 0. The Labute approximate surface area is 140 Å². The summed E-state index contributed by atoms with van der Waals surface area (Å²) in [6.45, 7) is 1.78. The Balaban J connectivity index is 2.20. The van der Waals surface area contributed by atoms with Gasteiger partial charge in [-0.25, -0.2) is 9.59 Å². The Morgan fingerprint density at radius 1 is 1.12 bits per heavy atom. The van der Waals surface area contributed by atoms with Gasteiger partial charge in [-0.3, -0.25) is 13.9 Å². The van der Waals surface area contributed by atoms with Crippen LogP contribution in [-0.4, -0.2) is 9.13 Å². The topological polar surface area (TPSA) is 107 Å². The van der Waals surface area contributed by atoms with Crippen molar-refractivity contribution in [2.75, 3.05) is 0 Å². The van der Waals surface area contributed by atoms with E-state index in [-0.39, 0.29) is 17.2 Å². The zero-order chi connectivity index (χ0) is 18.3. The molecule has 0 saturated carbocycles. The summed E-state index contributed by atoms with van der Waals surface area (Å²) in [5, 5.41) is 9.97. The zero-order valence-corrected chi connectivity index (χ0v) is 13.7. The van der Waals surface area contributed by atoms with Gasteiger partial charge in [-0.2, -0.15) is 5.26 Å². The molecule has 2 heterocycles. The molecule has 3 aromatic rings. The van der Waals surface area contributed by atoms with Crippen LogP contribution in [0.25, 0.3) is 11.0 Å². The first kappa shape index (κ1) is 16.3. The monoisotopic (exact) mass is 339 g/mol. The summed E-state index contributed by atoms with van der Waals surface area (Å²) in [7, 11) is 2.67. The maximum absolute atomic E-state index is 12.1. The lowest BCUT2D eigenvalue weighted by molar-refractivity contribution is 0.420. The van der Waals surface area contributed by atoms with Gasteiger partial charge in [0, 0.05) is 31.6 Å². The van der Waals surface area contributed by atoms with E-state index in [1.54, 1.807) is 25.1 Å². The van der Waals surface area contributed by atoms with Crippen molar-refractivity contribution in [3.05, 3.63) is 66.7 Å². The van der Waals surface area contributed by atoms with Gasteiger partial charge in [0.25, 0.3) is 5.56 Å². The number of benzene rings is 1.